The van der Waals surface area contributed by atoms with Crippen LogP contribution in [0.3, 0.4) is 0 Å². The topological polar surface area (TPSA) is 104 Å². The number of rotatable bonds is 11. The number of carbonyl (C=O) groups is 1. The number of nitrogens with one attached hydrogen (secondary N) is 1. The molecule has 1 aromatic carbocycles. The average molecular weight is 477 g/mol. The number of amides is 1. The van der Waals surface area contributed by atoms with Gasteiger partial charge in [-0.25, -0.2) is 0 Å². The first-order chi connectivity index (χ1) is 15.4. The van der Waals surface area contributed by atoms with Gasteiger partial charge in [0, 0.05) is 6.54 Å². The normalized spacial score (nSPS) is 12.1. The summed E-state index contributed by atoms with van der Waals surface area (Å²) in [6.45, 7) is 8.88. The molecule has 1 N–H and O–H groups in total. The zero-order valence-corrected chi connectivity index (χ0v) is 20.5. The van der Waals surface area contributed by atoms with E-state index >= 15 is 0 Å². The molecule has 11 heteroatoms. The van der Waals surface area contributed by atoms with Gasteiger partial charge in [-0.15, -0.1) is 20.4 Å². The minimum absolute atomic E-state index is 0.159. The summed E-state index contributed by atoms with van der Waals surface area (Å²) >= 11 is 2.72. The van der Waals surface area contributed by atoms with Gasteiger partial charge < -0.3 is 14.0 Å². The van der Waals surface area contributed by atoms with Crippen LogP contribution in [-0.4, -0.2) is 43.7 Å². The summed E-state index contributed by atoms with van der Waals surface area (Å²) in [5, 5.41) is 21.6. The molecule has 2 heterocycles. The lowest BCUT2D eigenvalue weighted by molar-refractivity contribution is -0.113. The van der Waals surface area contributed by atoms with Gasteiger partial charge >= 0.3 is 0 Å². The third kappa shape index (κ3) is 6.19. The molecule has 1 atom stereocenters. The quantitative estimate of drug-likeness (QED) is 0.410. The second-order valence-electron chi connectivity index (χ2n) is 7.45. The fourth-order valence-corrected chi connectivity index (χ4v) is 4.39. The van der Waals surface area contributed by atoms with E-state index in [1.54, 1.807) is 7.11 Å². The molecule has 32 heavy (non-hydrogen) atoms. The molecule has 0 aliphatic rings. The van der Waals surface area contributed by atoms with Crippen LogP contribution in [0.1, 0.15) is 44.6 Å². The minimum Gasteiger partial charge on any atom is -0.493 e. The number of hydrogen-bond donors (Lipinski definition) is 1. The van der Waals surface area contributed by atoms with E-state index in [1.807, 2.05) is 42.7 Å². The first-order valence-corrected chi connectivity index (χ1v) is 12.2. The van der Waals surface area contributed by atoms with E-state index < -0.39 is 0 Å². The van der Waals surface area contributed by atoms with E-state index in [1.165, 1.54) is 23.1 Å². The summed E-state index contributed by atoms with van der Waals surface area (Å²) in [6.07, 6.45) is 0.438. The maximum Gasteiger partial charge on any atom is 0.236 e. The van der Waals surface area contributed by atoms with Crippen LogP contribution < -0.4 is 14.8 Å². The largest absolute Gasteiger partial charge is 0.493 e. The lowest BCUT2D eigenvalue weighted by Crippen LogP contribution is -2.17. The van der Waals surface area contributed by atoms with Crippen LogP contribution in [0.15, 0.2) is 29.4 Å². The third-order valence-electron chi connectivity index (χ3n) is 4.38. The van der Waals surface area contributed by atoms with Gasteiger partial charge in [0.05, 0.1) is 12.9 Å². The van der Waals surface area contributed by atoms with Crippen molar-refractivity contribution in [2.24, 2.45) is 5.92 Å². The van der Waals surface area contributed by atoms with Crippen LogP contribution in [0.2, 0.25) is 0 Å². The van der Waals surface area contributed by atoms with E-state index in [9.17, 15) is 4.79 Å². The molecule has 0 aliphatic carbocycles. The molecular formula is C21H28N6O3S2. The van der Waals surface area contributed by atoms with Crippen LogP contribution in [0.25, 0.3) is 0 Å². The predicted molar refractivity (Wildman–Crippen MR) is 126 cm³/mol. The van der Waals surface area contributed by atoms with Crippen LogP contribution in [0.4, 0.5) is 5.13 Å². The summed E-state index contributed by atoms with van der Waals surface area (Å²) < 4.78 is 13.5. The smallest absolute Gasteiger partial charge is 0.236 e. The van der Waals surface area contributed by atoms with Crippen molar-refractivity contribution < 1.29 is 14.3 Å². The Balaban J connectivity index is 1.70. The molecule has 3 rings (SSSR count). The molecule has 0 spiro atoms. The van der Waals surface area contributed by atoms with Gasteiger partial charge in [0.1, 0.15) is 5.01 Å². The highest BCUT2D eigenvalue weighted by Gasteiger charge is 2.22. The van der Waals surface area contributed by atoms with E-state index in [4.69, 9.17) is 9.47 Å². The molecule has 2 aromatic heterocycles. The SMILES string of the molecule is CCc1nnc(NC(=O)CSc2nnc(C(C)Oc3ccccc3OC)n2CC(C)C)s1. The van der Waals surface area contributed by atoms with Crippen molar-refractivity contribution in [2.45, 2.75) is 51.9 Å². The summed E-state index contributed by atoms with van der Waals surface area (Å²) in [5.74, 6) is 2.39. The number of aromatic nitrogens is 5. The van der Waals surface area contributed by atoms with Crippen molar-refractivity contribution in [3.05, 3.63) is 35.1 Å². The van der Waals surface area contributed by atoms with E-state index in [0.717, 1.165) is 11.4 Å². The zero-order valence-electron chi connectivity index (χ0n) is 18.9. The summed E-state index contributed by atoms with van der Waals surface area (Å²) in [6, 6.07) is 7.49. The average Bonchev–Trinajstić information content (AvgIpc) is 3.39. The molecule has 0 radical (unpaired) electrons. The molecule has 9 nitrogen and oxygen atoms in total. The second-order valence-corrected chi connectivity index (χ2v) is 9.45. The number of benzene rings is 1. The van der Waals surface area contributed by atoms with Gasteiger partial charge in [-0.3, -0.25) is 10.1 Å². The van der Waals surface area contributed by atoms with Gasteiger partial charge in [-0.1, -0.05) is 56.0 Å². The van der Waals surface area contributed by atoms with Gasteiger partial charge in [0.25, 0.3) is 0 Å². The Morgan fingerprint density at radius 2 is 1.91 bits per heavy atom. The highest BCUT2D eigenvalue weighted by Crippen LogP contribution is 2.31. The second kappa shape index (κ2) is 11.3. The molecule has 3 aromatic rings. The van der Waals surface area contributed by atoms with Crippen LogP contribution in [0, 0.1) is 5.92 Å². The van der Waals surface area contributed by atoms with E-state index in [0.29, 0.717) is 40.1 Å². The monoisotopic (exact) mass is 476 g/mol. The number of carbonyl (C=O) groups excluding carboxylic acids is 1. The summed E-state index contributed by atoms with van der Waals surface area (Å²) in [5.41, 5.74) is 0. The Kier molecular flexibility index (Phi) is 8.46. The van der Waals surface area contributed by atoms with E-state index in [-0.39, 0.29) is 17.8 Å². The molecule has 0 saturated heterocycles. The van der Waals surface area contributed by atoms with Gasteiger partial charge in [0.2, 0.25) is 11.0 Å². The van der Waals surface area contributed by atoms with Crippen molar-refractivity contribution in [3.8, 4) is 11.5 Å². The lowest BCUT2D eigenvalue weighted by Gasteiger charge is -2.19. The van der Waals surface area contributed by atoms with Crippen LogP contribution >= 0.6 is 23.1 Å². The van der Waals surface area contributed by atoms with Gasteiger partial charge in [-0.05, 0) is 31.4 Å². The number of para-hydroxylation sites is 2. The number of ether oxygens (including phenoxy) is 2. The zero-order chi connectivity index (χ0) is 23.1. The van der Waals surface area contributed by atoms with Gasteiger partial charge in [-0.2, -0.15) is 0 Å². The van der Waals surface area contributed by atoms with Crippen molar-refractivity contribution in [2.75, 3.05) is 18.2 Å². The Morgan fingerprint density at radius 1 is 1.16 bits per heavy atom. The number of methoxy groups -OCH3 is 1. The first-order valence-electron chi connectivity index (χ1n) is 10.4. The molecule has 172 valence electrons. The van der Waals surface area contributed by atoms with E-state index in [2.05, 4.69) is 39.6 Å². The number of hydrogen-bond acceptors (Lipinski definition) is 9. The Bertz CT molecular complexity index is 1040. The fourth-order valence-electron chi connectivity index (χ4n) is 2.94. The van der Waals surface area contributed by atoms with Crippen molar-refractivity contribution >= 4 is 34.1 Å². The number of nitrogens with zero attached hydrogens (tertiary/aromatic N) is 5. The number of anilines is 1. The standard InChI is InChI=1S/C21H28N6O3S2/c1-6-18-23-25-20(32-18)22-17(28)12-31-21-26-24-19(27(21)11-13(2)3)14(4)30-16-10-8-7-9-15(16)29-5/h7-10,13-14H,6,11-12H2,1-5H3,(H,22,25,28). The minimum atomic E-state index is -0.352. The number of aryl methyl sites for hydroxylation is 1. The Labute approximate surface area is 195 Å². The lowest BCUT2D eigenvalue weighted by atomic mass is 10.2. The predicted octanol–water partition coefficient (Wildman–Crippen LogP) is 4.23. The molecule has 1 amide bonds. The van der Waals surface area contributed by atoms with Crippen LogP contribution in [0.5, 0.6) is 11.5 Å². The van der Waals surface area contributed by atoms with Crippen molar-refractivity contribution in [1.29, 1.82) is 0 Å². The molecule has 1 unspecified atom stereocenters. The highest BCUT2D eigenvalue weighted by molar-refractivity contribution is 7.99. The number of thioether (sulfide) groups is 1. The van der Waals surface area contributed by atoms with Crippen molar-refractivity contribution in [1.82, 2.24) is 25.0 Å². The molecule has 0 aliphatic heterocycles. The summed E-state index contributed by atoms with van der Waals surface area (Å²) in [4.78, 5) is 12.4. The highest BCUT2D eigenvalue weighted by atomic mass is 32.2. The molecular weight excluding hydrogens is 448 g/mol. The molecule has 0 saturated carbocycles. The molecule has 0 fully saturated rings. The Morgan fingerprint density at radius 3 is 2.56 bits per heavy atom. The summed E-state index contributed by atoms with van der Waals surface area (Å²) in [7, 11) is 1.61. The first kappa shape index (κ1) is 24.0. The van der Waals surface area contributed by atoms with Crippen molar-refractivity contribution in [3.63, 3.8) is 0 Å². The van der Waals surface area contributed by atoms with Crippen LogP contribution in [-0.2, 0) is 17.8 Å². The molecule has 0 bridgehead atoms. The third-order valence-corrected chi connectivity index (χ3v) is 6.33. The fraction of sp³-hybridized carbons (Fsp3) is 0.476. The maximum absolute atomic E-state index is 12.4. The van der Waals surface area contributed by atoms with Gasteiger partial charge in [0.15, 0.2) is 28.6 Å². The Hall–Kier alpha value is -2.66. The maximum atomic E-state index is 12.4.